The fourth-order valence-corrected chi connectivity index (χ4v) is 5.22. The predicted octanol–water partition coefficient (Wildman–Crippen LogP) is 4.90. The molecule has 0 spiro atoms. The molecule has 0 aliphatic carbocycles. The number of hydrogen-bond donors (Lipinski definition) is 2. The van der Waals surface area contributed by atoms with Gasteiger partial charge in [-0.3, -0.25) is 9.59 Å². The first-order chi connectivity index (χ1) is 19.1. The summed E-state index contributed by atoms with van der Waals surface area (Å²) in [7, 11) is 0. The van der Waals surface area contributed by atoms with Gasteiger partial charge in [0.1, 0.15) is 6.04 Å². The first kappa shape index (κ1) is 27.2. The van der Waals surface area contributed by atoms with Gasteiger partial charge >= 0.3 is 12.1 Å². The van der Waals surface area contributed by atoms with Crippen molar-refractivity contribution >= 4 is 29.2 Å². The van der Waals surface area contributed by atoms with Gasteiger partial charge in [0.15, 0.2) is 5.69 Å². The van der Waals surface area contributed by atoms with Crippen molar-refractivity contribution in [2.24, 2.45) is 5.92 Å². The second-order valence-electron chi connectivity index (χ2n) is 9.85. The number of amides is 2. The molecule has 0 unspecified atom stereocenters. The van der Waals surface area contributed by atoms with E-state index in [0.717, 1.165) is 5.69 Å². The number of anilines is 2. The molecule has 1 aromatic heterocycles. The van der Waals surface area contributed by atoms with Gasteiger partial charge in [0.25, 0.3) is 5.91 Å². The molecule has 2 aromatic carbocycles. The first-order valence-electron chi connectivity index (χ1n) is 12.9. The summed E-state index contributed by atoms with van der Waals surface area (Å²) in [5.41, 5.74) is 0.566. The smallest absolute Gasteiger partial charge is 0.452 e. The van der Waals surface area contributed by atoms with E-state index in [1.807, 2.05) is 0 Å². The Labute approximate surface area is 227 Å². The highest BCUT2D eigenvalue weighted by atomic mass is 19.4. The lowest BCUT2D eigenvalue weighted by atomic mass is 9.94. The summed E-state index contributed by atoms with van der Waals surface area (Å²) in [6.45, 7) is 1.64. The van der Waals surface area contributed by atoms with Crippen LogP contribution in [0.25, 0.3) is 11.5 Å². The number of aromatic nitrogens is 1. The van der Waals surface area contributed by atoms with Crippen molar-refractivity contribution in [3.8, 4) is 11.5 Å². The van der Waals surface area contributed by atoms with E-state index in [4.69, 9.17) is 4.42 Å². The van der Waals surface area contributed by atoms with Crippen molar-refractivity contribution in [1.29, 1.82) is 0 Å². The number of hydrogen-bond acceptors (Lipinski definition) is 6. The van der Waals surface area contributed by atoms with Crippen LogP contribution in [0.1, 0.15) is 41.9 Å². The Morgan fingerprint density at radius 2 is 1.62 bits per heavy atom. The van der Waals surface area contributed by atoms with E-state index in [1.165, 1.54) is 17.0 Å². The fourth-order valence-electron chi connectivity index (χ4n) is 5.22. The molecule has 12 heteroatoms. The Morgan fingerprint density at radius 1 is 0.950 bits per heavy atom. The van der Waals surface area contributed by atoms with Gasteiger partial charge in [0, 0.05) is 42.5 Å². The highest BCUT2D eigenvalue weighted by Crippen LogP contribution is 2.36. The van der Waals surface area contributed by atoms with Gasteiger partial charge in [-0.05, 0) is 62.1 Å². The molecule has 5 rings (SSSR count). The number of rotatable bonds is 6. The van der Waals surface area contributed by atoms with Crippen LogP contribution in [0.2, 0.25) is 0 Å². The molecule has 3 aromatic rings. The lowest BCUT2D eigenvalue weighted by molar-refractivity contribution is -0.153. The molecule has 0 saturated carbocycles. The SMILES string of the molecule is O=C(Nc1ccc(N2CCC(C(=O)N3CCC[C@H]3C(=O)O)CC2)cc1)c1nc(-c2ccccc2)oc1C(F)(F)F. The number of nitrogens with one attached hydrogen (secondary N) is 1. The van der Waals surface area contributed by atoms with Crippen LogP contribution in [0.4, 0.5) is 24.5 Å². The maximum Gasteiger partial charge on any atom is 0.452 e. The van der Waals surface area contributed by atoms with Gasteiger partial charge in [0.2, 0.25) is 17.6 Å². The monoisotopic (exact) mass is 556 g/mol. The second kappa shape index (κ2) is 11.0. The van der Waals surface area contributed by atoms with Gasteiger partial charge < -0.3 is 24.6 Å². The van der Waals surface area contributed by atoms with E-state index in [0.29, 0.717) is 50.9 Å². The molecule has 2 amide bonds. The van der Waals surface area contributed by atoms with Crippen molar-refractivity contribution in [2.45, 2.75) is 37.9 Å². The van der Waals surface area contributed by atoms with Gasteiger partial charge in [0.05, 0.1) is 0 Å². The summed E-state index contributed by atoms with van der Waals surface area (Å²) in [5.74, 6) is -4.14. The number of halogens is 3. The zero-order valence-electron chi connectivity index (χ0n) is 21.4. The van der Waals surface area contributed by atoms with Crippen LogP contribution in [0.15, 0.2) is 59.0 Å². The largest absolute Gasteiger partial charge is 0.480 e. The maximum atomic E-state index is 13.6. The molecule has 210 valence electrons. The molecule has 2 aliphatic heterocycles. The molecule has 3 heterocycles. The summed E-state index contributed by atoms with van der Waals surface area (Å²) < 4.78 is 45.7. The lowest BCUT2D eigenvalue weighted by Gasteiger charge is -2.35. The Hall–Kier alpha value is -4.35. The zero-order chi connectivity index (χ0) is 28.4. The van der Waals surface area contributed by atoms with Crippen LogP contribution in [0.5, 0.6) is 0 Å². The summed E-state index contributed by atoms with van der Waals surface area (Å²) in [6.07, 6.45) is -2.59. The highest BCUT2D eigenvalue weighted by molar-refractivity contribution is 6.04. The molecule has 2 fully saturated rings. The molecule has 40 heavy (non-hydrogen) atoms. The van der Waals surface area contributed by atoms with E-state index in [2.05, 4.69) is 15.2 Å². The molecule has 2 aliphatic rings. The minimum Gasteiger partial charge on any atom is -0.480 e. The number of piperidine rings is 1. The number of carbonyl (C=O) groups excluding carboxylic acids is 2. The summed E-state index contributed by atoms with van der Waals surface area (Å²) in [6, 6.07) is 13.9. The maximum absolute atomic E-state index is 13.6. The third-order valence-electron chi connectivity index (χ3n) is 7.28. The van der Waals surface area contributed by atoms with E-state index in [9.17, 15) is 32.7 Å². The average molecular weight is 557 g/mol. The Balaban J connectivity index is 1.22. The number of likely N-dealkylation sites (tertiary alicyclic amines) is 1. The number of carboxylic acids is 1. The predicted molar refractivity (Wildman–Crippen MR) is 139 cm³/mol. The van der Waals surface area contributed by atoms with Crippen molar-refractivity contribution in [3.05, 3.63) is 66.1 Å². The number of carboxylic acid groups (broad SMARTS) is 1. The van der Waals surface area contributed by atoms with Gasteiger partial charge in [-0.15, -0.1) is 0 Å². The van der Waals surface area contributed by atoms with E-state index >= 15 is 0 Å². The van der Waals surface area contributed by atoms with Crippen LogP contribution in [0, 0.1) is 5.92 Å². The number of aliphatic carboxylic acids is 1. The summed E-state index contributed by atoms with van der Waals surface area (Å²) in [5, 5.41) is 11.8. The third kappa shape index (κ3) is 5.65. The topological polar surface area (TPSA) is 116 Å². The fraction of sp³-hybridized carbons (Fsp3) is 0.357. The molecule has 9 nitrogen and oxygen atoms in total. The van der Waals surface area contributed by atoms with E-state index < -0.39 is 35.5 Å². The third-order valence-corrected chi connectivity index (χ3v) is 7.28. The van der Waals surface area contributed by atoms with Crippen molar-refractivity contribution in [1.82, 2.24) is 9.88 Å². The quantitative estimate of drug-likeness (QED) is 0.444. The Morgan fingerprint density at radius 3 is 2.25 bits per heavy atom. The Bertz CT molecular complexity index is 1380. The number of benzene rings is 2. The number of carbonyl (C=O) groups is 3. The van der Waals surface area contributed by atoms with Gasteiger partial charge in [-0.2, -0.15) is 13.2 Å². The average Bonchev–Trinajstić information content (AvgIpc) is 3.62. The standard InChI is InChI=1S/C28H27F3N4O5/c29-28(30,31)23-22(33-25(40-23)17-5-2-1-3-6-17)24(36)32-19-8-10-20(11-9-19)34-15-12-18(13-16-34)26(37)35-14-4-7-21(35)27(38)39/h1-3,5-6,8-11,18,21H,4,7,12-16H2,(H,32,36)(H,38,39)/t21-/m0/s1. The second-order valence-corrected chi connectivity index (χ2v) is 9.85. The molecule has 0 radical (unpaired) electrons. The minimum atomic E-state index is -4.91. The van der Waals surface area contributed by atoms with Crippen LogP contribution >= 0.6 is 0 Å². The molecule has 1 atom stereocenters. The summed E-state index contributed by atoms with van der Waals surface area (Å²) >= 11 is 0. The number of alkyl halides is 3. The van der Waals surface area contributed by atoms with Crippen LogP contribution < -0.4 is 10.2 Å². The van der Waals surface area contributed by atoms with E-state index in [1.54, 1.807) is 42.5 Å². The first-order valence-corrected chi connectivity index (χ1v) is 12.9. The van der Waals surface area contributed by atoms with Crippen LogP contribution in [-0.2, 0) is 15.8 Å². The normalized spacial score (nSPS) is 18.1. The van der Waals surface area contributed by atoms with Crippen molar-refractivity contribution in [3.63, 3.8) is 0 Å². The zero-order valence-corrected chi connectivity index (χ0v) is 21.4. The molecular weight excluding hydrogens is 529 g/mol. The summed E-state index contributed by atoms with van der Waals surface area (Å²) in [4.78, 5) is 44.5. The molecule has 2 saturated heterocycles. The van der Waals surface area contributed by atoms with Crippen LogP contribution in [-0.4, -0.2) is 58.5 Å². The molecule has 0 bridgehead atoms. The van der Waals surface area contributed by atoms with Gasteiger partial charge in [-0.25, -0.2) is 9.78 Å². The minimum absolute atomic E-state index is 0.107. The van der Waals surface area contributed by atoms with Crippen molar-refractivity contribution in [2.75, 3.05) is 29.9 Å². The molecular formula is C28H27F3N4O5. The number of oxazole rings is 1. The lowest BCUT2D eigenvalue weighted by Crippen LogP contribution is -2.46. The van der Waals surface area contributed by atoms with E-state index in [-0.39, 0.29) is 23.4 Å². The highest BCUT2D eigenvalue weighted by Gasteiger charge is 2.42. The molecule has 2 N–H and O–H groups in total. The Kier molecular flexibility index (Phi) is 7.51. The number of nitrogens with zero attached hydrogens (tertiary/aromatic N) is 3. The van der Waals surface area contributed by atoms with Crippen molar-refractivity contribution < 1.29 is 37.1 Å². The van der Waals surface area contributed by atoms with Gasteiger partial charge in [-0.1, -0.05) is 18.2 Å². The van der Waals surface area contributed by atoms with Crippen LogP contribution in [0.3, 0.4) is 0 Å².